The fraction of sp³-hybridized carbons (Fsp3) is 0.462. The maximum absolute atomic E-state index is 12.0. The summed E-state index contributed by atoms with van der Waals surface area (Å²) in [6, 6.07) is 5.76. The van der Waals surface area contributed by atoms with Gasteiger partial charge >= 0.3 is 0 Å². The molecule has 1 aromatic rings. The Labute approximate surface area is 111 Å². The molecule has 3 N–H and O–H groups in total. The summed E-state index contributed by atoms with van der Waals surface area (Å²) >= 11 is 3.43. The minimum atomic E-state index is -0.435. The van der Waals surface area contributed by atoms with Gasteiger partial charge < -0.3 is 11.1 Å². The minimum Gasteiger partial charge on any atom is -0.330 e. The number of anilines is 1. The van der Waals surface area contributed by atoms with E-state index in [0.29, 0.717) is 13.0 Å². The number of nitrogens with two attached hydrogens (primary N) is 1. The highest BCUT2D eigenvalue weighted by Gasteiger charge is 2.26. The summed E-state index contributed by atoms with van der Waals surface area (Å²) in [7, 11) is 0. The van der Waals surface area contributed by atoms with Crippen LogP contribution >= 0.6 is 15.9 Å². The Bertz CT molecular complexity index is 416. The van der Waals surface area contributed by atoms with Crippen molar-refractivity contribution < 1.29 is 4.79 Å². The van der Waals surface area contributed by atoms with E-state index in [1.807, 2.05) is 39.0 Å². The zero-order valence-electron chi connectivity index (χ0n) is 10.5. The van der Waals surface area contributed by atoms with Gasteiger partial charge in [0.1, 0.15) is 0 Å². The summed E-state index contributed by atoms with van der Waals surface area (Å²) in [5, 5.41) is 2.92. The number of rotatable bonds is 4. The molecule has 94 valence electrons. The Balaban J connectivity index is 2.77. The van der Waals surface area contributed by atoms with Crippen molar-refractivity contribution in [2.75, 3.05) is 11.9 Å². The highest BCUT2D eigenvalue weighted by Crippen LogP contribution is 2.24. The molecule has 4 heteroatoms. The quantitative estimate of drug-likeness (QED) is 0.897. The molecule has 0 aliphatic rings. The first-order valence-electron chi connectivity index (χ1n) is 5.64. The van der Waals surface area contributed by atoms with Gasteiger partial charge in [0.05, 0.1) is 0 Å². The Morgan fingerprint density at radius 3 is 2.65 bits per heavy atom. The molecule has 1 aromatic carbocycles. The maximum atomic E-state index is 12.0. The Morgan fingerprint density at radius 2 is 2.12 bits per heavy atom. The molecule has 1 rings (SSSR count). The number of nitrogens with one attached hydrogen (secondary N) is 1. The van der Waals surface area contributed by atoms with Gasteiger partial charge in [0, 0.05) is 15.6 Å². The topological polar surface area (TPSA) is 55.1 Å². The predicted octanol–water partition coefficient (Wildman–Crippen LogP) is 3.07. The lowest BCUT2D eigenvalue weighted by Gasteiger charge is -2.22. The van der Waals surface area contributed by atoms with Gasteiger partial charge in [-0.05, 0) is 43.7 Å². The molecule has 0 unspecified atom stereocenters. The molecule has 0 radical (unpaired) electrons. The number of hydrogen-bond acceptors (Lipinski definition) is 2. The molecule has 3 nitrogen and oxygen atoms in total. The lowest BCUT2D eigenvalue weighted by molar-refractivity contribution is -0.124. The van der Waals surface area contributed by atoms with E-state index >= 15 is 0 Å². The monoisotopic (exact) mass is 298 g/mol. The molecule has 0 heterocycles. The Hall–Kier alpha value is -0.870. The molecule has 0 aliphatic carbocycles. The fourth-order valence-electron chi connectivity index (χ4n) is 1.50. The van der Waals surface area contributed by atoms with Crippen LogP contribution < -0.4 is 11.1 Å². The fourth-order valence-corrected chi connectivity index (χ4v) is 1.74. The summed E-state index contributed by atoms with van der Waals surface area (Å²) in [5.41, 5.74) is 6.99. The maximum Gasteiger partial charge on any atom is 0.230 e. The lowest BCUT2D eigenvalue weighted by Crippen LogP contribution is -2.32. The SMILES string of the molecule is Cc1cc(NC(=O)C(C)(C)CCN)ccc1Br. The van der Waals surface area contributed by atoms with Crippen molar-refractivity contribution in [2.45, 2.75) is 27.2 Å². The molecule has 0 fully saturated rings. The third-order valence-electron chi connectivity index (χ3n) is 2.80. The zero-order valence-corrected chi connectivity index (χ0v) is 12.1. The van der Waals surface area contributed by atoms with Gasteiger partial charge in [-0.25, -0.2) is 0 Å². The van der Waals surface area contributed by atoms with E-state index in [1.165, 1.54) is 0 Å². The van der Waals surface area contributed by atoms with Crippen molar-refractivity contribution in [2.24, 2.45) is 11.1 Å². The molecule has 0 spiro atoms. The largest absolute Gasteiger partial charge is 0.330 e. The standard InChI is InChI=1S/C13H19BrN2O/c1-9-8-10(4-5-11(9)14)16-12(17)13(2,3)6-7-15/h4-5,8H,6-7,15H2,1-3H3,(H,16,17). The lowest BCUT2D eigenvalue weighted by atomic mass is 9.88. The second kappa shape index (κ2) is 5.65. The van der Waals surface area contributed by atoms with E-state index in [-0.39, 0.29) is 5.91 Å². The molecule has 1 amide bonds. The van der Waals surface area contributed by atoms with Crippen LogP contribution in [-0.2, 0) is 4.79 Å². The number of aryl methyl sites for hydroxylation is 1. The van der Waals surface area contributed by atoms with Crippen LogP contribution in [0.25, 0.3) is 0 Å². The van der Waals surface area contributed by atoms with Crippen molar-refractivity contribution in [3.8, 4) is 0 Å². The number of carbonyl (C=O) groups is 1. The number of carbonyl (C=O) groups excluding carboxylic acids is 1. The van der Waals surface area contributed by atoms with Gasteiger partial charge in [0.15, 0.2) is 0 Å². The van der Waals surface area contributed by atoms with Crippen molar-refractivity contribution in [1.29, 1.82) is 0 Å². The van der Waals surface area contributed by atoms with E-state index in [4.69, 9.17) is 5.73 Å². The van der Waals surface area contributed by atoms with E-state index in [2.05, 4.69) is 21.2 Å². The molecule has 0 aromatic heterocycles. The van der Waals surface area contributed by atoms with Crippen LogP contribution in [0, 0.1) is 12.3 Å². The molecule has 0 saturated carbocycles. The molecule has 0 atom stereocenters. The summed E-state index contributed by atoms with van der Waals surface area (Å²) in [6.07, 6.45) is 0.675. The molecule has 0 saturated heterocycles. The molecular weight excluding hydrogens is 280 g/mol. The van der Waals surface area contributed by atoms with Gasteiger partial charge in [-0.2, -0.15) is 0 Å². The van der Waals surface area contributed by atoms with Crippen LogP contribution in [-0.4, -0.2) is 12.5 Å². The van der Waals surface area contributed by atoms with Crippen LogP contribution in [0.15, 0.2) is 22.7 Å². The first-order valence-corrected chi connectivity index (χ1v) is 6.44. The van der Waals surface area contributed by atoms with Gasteiger partial charge in [-0.15, -0.1) is 0 Å². The van der Waals surface area contributed by atoms with Crippen molar-refractivity contribution in [3.05, 3.63) is 28.2 Å². The van der Waals surface area contributed by atoms with E-state index in [9.17, 15) is 4.79 Å². The van der Waals surface area contributed by atoms with Gasteiger partial charge in [0.25, 0.3) is 0 Å². The molecule has 0 bridgehead atoms. The van der Waals surface area contributed by atoms with Crippen LogP contribution in [0.2, 0.25) is 0 Å². The van der Waals surface area contributed by atoms with Crippen LogP contribution in [0.4, 0.5) is 5.69 Å². The highest BCUT2D eigenvalue weighted by molar-refractivity contribution is 9.10. The van der Waals surface area contributed by atoms with Gasteiger partial charge in [-0.3, -0.25) is 4.79 Å². The predicted molar refractivity (Wildman–Crippen MR) is 75.0 cm³/mol. The number of benzene rings is 1. The van der Waals surface area contributed by atoms with Gasteiger partial charge in [-0.1, -0.05) is 29.8 Å². The van der Waals surface area contributed by atoms with Crippen molar-refractivity contribution in [3.63, 3.8) is 0 Å². The van der Waals surface area contributed by atoms with Crippen LogP contribution in [0.5, 0.6) is 0 Å². The van der Waals surface area contributed by atoms with Crippen LogP contribution in [0.3, 0.4) is 0 Å². The number of hydrogen-bond donors (Lipinski definition) is 2. The first kappa shape index (κ1) is 14.2. The zero-order chi connectivity index (χ0) is 13.1. The average molecular weight is 299 g/mol. The van der Waals surface area contributed by atoms with Gasteiger partial charge in [0.2, 0.25) is 5.91 Å². The van der Waals surface area contributed by atoms with Crippen molar-refractivity contribution >= 4 is 27.5 Å². The van der Waals surface area contributed by atoms with Crippen LogP contribution in [0.1, 0.15) is 25.8 Å². The minimum absolute atomic E-state index is 0.00433. The summed E-state index contributed by atoms with van der Waals surface area (Å²) in [6.45, 7) is 6.31. The normalized spacial score (nSPS) is 11.4. The summed E-state index contributed by atoms with van der Waals surface area (Å²) in [4.78, 5) is 12.0. The molecule has 0 aliphatic heterocycles. The number of halogens is 1. The van der Waals surface area contributed by atoms with E-state index in [1.54, 1.807) is 0 Å². The summed E-state index contributed by atoms with van der Waals surface area (Å²) < 4.78 is 1.04. The highest BCUT2D eigenvalue weighted by atomic mass is 79.9. The first-order chi connectivity index (χ1) is 7.86. The van der Waals surface area contributed by atoms with Crippen molar-refractivity contribution in [1.82, 2.24) is 0 Å². The third-order valence-corrected chi connectivity index (χ3v) is 3.69. The second-order valence-corrected chi connectivity index (χ2v) is 5.69. The Morgan fingerprint density at radius 1 is 1.47 bits per heavy atom. The third kappa shape index (κ3) is 3.82. The summed E-state index contributed by atoms with van der Waals surface area (Å²) in [5.74, 6) is 0.00433. The van der Waals surface area contributed by atoms with E-state index in [0.717, 1.165) is 15.7 Å². The van der Waals surface area contributed by atoms with E-state index < -0.39 is 5.41 Å². The smallest absolute Gasteiger partial charge is 0.230 e. The second-order valence-electron chi connectivity index (χ2n) is 4.84. The molecule has 17 heavy (non-hydrogen) atoms. The molecular formula is C13H19BrN2O. The number of amides is 1. The Kier molecular flexibility index (Phi) is 4.71. The average Bonchev–Trinajstić information content (AvgIpc) is 2.23.